The lowest BCUT2D eigenvalue weighted by atomic mass is 9.94. The van der Waals surface area contributed by atoms with E-state index in [4.69, 9.17) is 4.42 Å². The van der Waals surface area contributed by atoms with Gasteiger partial charge >= 0.3 is 0 Å². The third-order valence-electron chi connectivity index (χ3n) is 13.6. The Morgan fingerprint density at radius 1 is 0.290 bits per heavy atom. The molecule has 2 aromatic heterocycles. The number of hydrogen-bond donors (Lipinski definition) is 0. The molecule has 0 aliphatic heterocycles. The van der Waals surface area contributed by atoms with Crippen LogP contribution < -0.4 is 4.90 Å². The van der Waals surface area contributed by atoms with E-state index in [1.54, 1.807) is 0 Å². The van der Waals surface area contributed by atoms with Gasteiger partial charge in [-0.25, -0.2) is 0 Å². The Morgan fingerprint density at radius 2 is 0.739 bits per heavy atom. The summed E-state index contributed by atoms with van der Waals surface area (Å²) in [5, 5.41) is 4.75. The lowest BCUT2D eigenvalue weighted by Crippen LogP contribution is -2.12. The van der Waals surface area contributed by atoms with Gasteiger partial charge in [-0.3, -0.25) is 0 Å². The molecule has 0 atom stereocenters. The van der Waals surface area contributed by atoms with E-state index in [9.17, 15) is 0 Å². The molecule has 0 saturated heterocycles. The van der Waals surface area contributed by atoms with Crippen LogP contribution in [0.1, 0.15) is 0 Å². The molecule has 0 fully saturated rings. The molecule has 324 valence electrons. The predicted molar refractivity (Wildman–Crippen MR) is 290 cm³/mol. The van der Waals surface area contributed by atoms with E-state index in [1.165, 1.54) is 44.1 Å². The van der Waals surface area contributed by atoms with Gasteiger partial charge in [0.1, 0.15) is 11.2 Å². The third kappa shape index (κ3) is 7.08. The summed E-state index contributed by atoms with van der Waals surface area (Å²) in [6, 6.07) is 96.1. The van der Waals surface area contributed by atoms with Gasteiger partial charge in [0.15, 0.2) is 0 Å². The number of fused-ring (bicyclic) bond motifs is 6. The van der Waals surface area contributed by atoms with Crippen molar-refractivity contribution in [2.75, 3.05) is 4.90 Å². The third-order valence-corrected chi connectivity index (χ3v) is 13.6. The summed E-state index contributed by atoms with van der Waals surface area (Å²) >= 11 is 0. The van der Waals surface area contributed by atoms with Crippen LogP contribution >= 0.6 is 0 Å². The first-order valence-electron chi connectivity index (χ1n) is 23.6. The lowest BCUT2D eigenvalue weighted by molar-refractivity contribution is 0.669. The lowest BCUT2D eigenvalue weighted by Gasteiger charge is -2.30. The van der Waals surface area contributed by atoms with Gasteiger partial charge in [0.05, 0.1) is 22.4 Å². The molecule has 13 aromatic rings. The summed E-state index contributed by atoms with van der Waals surface area (Å²) in [6.07, 6.45) is 0. The number of hydrogen-bond acceptors (Lipinski definition) is 2. The smallest absolute Gasteiger partial charge is 0.136 e. The van der Waals surface area contributed by atoms with Crippen molar-refractivity contribution in [2.45, 2.75) is 0 Å². The Balaban J connectivity index is 0.910. The molecule has 2 heterocycles. The second-order valence-electron chi connectivity index (χ2n) is 17.6. The number of para-hydroxylation sites is 5. The Bertz CT molecular complexity index is 3960. The SMILES string of the molecule is c1ccc(-c2cccc(-c3ccccc3N(c3ccc(-c4cccc(-c5ccc(-n6c7ccccc7c7ccccc76)cc5)c4)cc3)c3ccccc3-c3cccc4oc5ccccc5c34)c2)cc1. The van der Waals surface area contributed by atoms with E-state index in [2.05, 4.69) is 270 Å². The molecule has 0 spiro atoms. The van der Waals surface area contributed by atoms with E-state index in [1.807, 2.05) is 6.07 Å². The fourth-order valence-corrected chi connectivity index (χ4v) is 10.4. The highest BCUT2D eigenvalue weighted by Crippen LogP contribution is 2.47. The van der Waals surface area contributed by atoms with Crippen molar-refractivity contribution in [1.29, 1.82) is 0 Å². The Hall–Kier alpha value is -9.18. The maximum absolute atomic E-state index is 6.43. The van der Waals surface area contributed by atoms with Crippen LogP contribution in [0.4, 0.5) is 17.1 Å². The zero-order valence-corrected chi connectivity index (χ0v) is 37.7. The first kappa shape index (κ1) is 40.1. The first-order valence-corrected chi connectivity index (χ1v) is 23.6. The van der Waals surface area contributed by atoms with Crippen LogP contribution in [0.25, 0.3) is 105 Å². The molecule has 0 N–H and O–H groups in total. The monoisotopic (exact) mass is 880 g/mol. The Kier molecular flexibility index (Phi) is 9.84. The van der Waals surface area contributed by atoms with Crippen molar-refractivity contribution in [3.63, 3.8) is 0 Å². The molecule has 0 amide bonds. The van der Waals surface area contributed by atoms with Gasteiger partial charge in [0, 0.05) is 44.0 Å². The average Bonchev–Trinajstić information content (AvgIpc) is 3.98. The highest BCUT2D eigenvalue weighted by molar-refractivity contribution is 6.14. The van der Waals surface area contributed by atoms with Gasteiger partial charge in [-0.1, -0.05) is 194 Å². The summed E-state index contributed by atoms with van der Waals surface area (Å²) in [7, 11) is 0. The van der Waals surface area contributed by atoms with Gasteiger partial charge in [0.2, 0.25) is 0 Å². The van der Waals surface area contributed by atoms with Crippen molar-refractivity contribution in [3.05, 3.63) is 267 Å². The van der Waals surface area contributed by atoms with Crippen LogP contribution in [0.2, 0.25) is 0 Å². The van der Waals surface area contributed by atoms with Gasteiger partial charge in [-0.15, -0.1) is 0 Å². The largest absolute Gasteiger partial charge is 0.456 e. The number of anilines is 3. The standard InChI is InChI=1S/C66H44N2O/c1-2-17-45(18-3-1)50-21-15-22-51(44-50)54-23-4-9-29-60(54)67(63-32-12-7-26-57(63)58-28-16-34-65-66(58)59-27-8-13-33-64(59)69-65)52-39-35-46(36-40-52)48-19-14-20-49(43-48)47-37-41-53(42-38-47)68-61-30-10-5-24-55(61)56-25-6-11-31-62(56)68/h1-44H. The molecule has 0 bridgehead atoms. The molecule has 0 aliphatic carbocycles. The maximum Gasteiger partial charge on any atom is 0.136 e. The van der Waals surface area contributed by atoms with E-state index in [0.717, 1.165) is 78.1 Å². The number of rotatable bonds is 9. The van der Waals surface area contributed by atoms with Gasteiger partial charge in [0.25, 0.3) is 0 Å². The van der Waals surface area contributed by atoms with Crippen molar-refractivity contribution < 1.29 is 4.42 Å². The summed E-state index contributed by atoms with van der Waals surface area (Å²) in [5.74, 6) is 0. The van der Waals surface area contributed by atoms with E-state index in [-0.39, 0.29) is 0 Å². The van der Waals surface area contributed by atoms with Crippen LogP contribution in [-0.4, -0.2) is 4.57 Å². The Morgan fingerprint density at radius 3 is 1.42 bits per heavy atom. The van der Waals surface area contributed by atoms with Crippen molar-refractivity contribution >= 4 is 60.8 Å². The molecule has 3 heteroatoms. The van der Waals surface area contributed by atoms with E-state index >= 15 is 0 Å². The van der Waals surface area contributed by atoms with Crippen LogP contribution in [0, 0.1) is 0 Å². The average molecular weight is 881 g/mol. The number of furan rings is 1. The van der Waals surface area contributed by atoms with Crippen LogP contribution in [0.5, 0.6) is 0 Å². The first-order chi connectivity index (χ1) is 34.2. The molecule has 0 unspecified atom stereocenters. The molecule has 69 heavy (non-hydrogen) atoms. The molecule has 11 aromatic carbocycles. The Labute approximate surface area is 401 Å². The second-order valence-corrected chi connectivity index (χ2v) is 17.6. The summed E-state index contributed by atoms with van der Waals surface area (Å²) in [4.78, 5) is 2.43. The zero-order chi connectivity index (χ0) is 45.7. The molecular formula is C66H44N2O. The summed E-state index contributed by atoms with van der Waals surface area (Å²) < 4.78 is 8.80. The second kappa shape index (κ2) is 16.9. The van der Waals surface area contributed by atoms with Crippen molar-refractivity contribution in [3.8, 4) is 61.3 Å². The molecule has 13 rings (SSSR count). The molecular weight excluding hydrogens is 837 g/mol. The number of nitrogens with zero attached hydrogens (tertiary/aromatic N) is 2. The van der Waals surface area contributed by atoms with E-state index < -0.39 is 0 Å². The summed E-state index contributed by atoms with van der Waals surface area (Å²) in [5.41, 5.74) is 20.1. The minimum atomic E-state index is 0.874. The van der Waals surface area contributed by atoms with Crippen LogP contribution in [-0.2, 0) is 0 Å². The highest BCUT2D eigenvalue weighted by Gasteiger charge is 2.23. The molecule has 0 radical (unpaired) electrons. The highest BCUT2D eigenvalue weighted by atomic mass is 16.3. The fraction of sp³-hybridized carbons (Fsp3) is 0. The molecule has 3 nitrogen and oxygen atoms in total. The van der Waals surface area contributed by atoms with Crippen molar-refractivity contribution in [1.82, 2.24) is 4.57 Å². The predicted octanol–water partition coefficient (Wildman–Crippen LogP) is 18.5. The van der Waals surface area contributed by atoms with Crippen molar-refractivity contribution in [2.24, 2.45) is 0 Å². The quantitative estimate of drug-likeness (QED) is 0.144. The molecule has 0 saturated carbocycles. The zero-order valence-electron chi connectivity index (χ0n) is 37.7. The fourth-order valence-electron chi connectivity index (χ4n) is 10.4. The van der Waals surface area contributed by atoms with Crippen LogP contribution in [0.15, 0.2) is 271 Å². The summed E-state index contributed by atoms with van der Waals surface area (Å²) in [6.45, 7) is 0. The normalized spacial score (nSPS) is 11.5. The number of aromatic nitrogens is 1. The minimum absolute atomic E-state index is 0.874. The molecule has 0 aliphatic rings. The topological polar surface area (TPSA) is 21.3 Å². The van der Waals surface area contributed by atoms with Crippen LogP contribution in [0.3, 0.4) is 0 Å². The van der Waals surface area contributed by atoms with E-state index in [0.29, 0.717) is 0 Å². The number of benzene rings is 11. The van der Waals surface area contributed by atoms with Gasteiger partial charge in [-0.2, -0.15) is 0 Å². The minimum Gasteiger partial charge on any atom is -0.456 e. The maximum atomic E-state index is 6.43. The van der Waals surface area contributed by atoms with Gasteiger partial charge < -0.3 is 13.9 Å². The van der Waals surface area contributed by atoms with Gasteiger partial charge in [-0.05, 0) is 117 Å².